The Kier molecular flexibility index (Phi) is 7.86. The molecular weight excluding hydrogens is 438 g/mol. The molecule has 0 saturated carbocycles. The standard InChI is InChI=1S/C28H39N5O2/c1-31-26-11-10-24(20-23(26)21-33-17-12-22-8-4-5-9-25(22)27(31)33)35-28(34)30-13-6-2-3-7-16-32-18-14-29-15-19-32/h4-5,8-11,20,27,29H,2-3,6-7,12-19,21H2,1H3,(H,30,34). The van der Waals surface area contributed by atoms with Gasteiger partial charge in [-0.3, -0.25) is 4.90 Å². The summed E-state index contributed by atoms with van der Waals surface area (Å²) in [6.45, 7) is 8.31. The van der Waals surface area contributed by atoms with Crippen molar-refractivity contribution in [2.24, 2.45) is 0 Å². The van der Waals surface area contributed by atoms with Crippen LogP contribution in [0.15, 0.2) is 42.5 Å². The Labute approximate surface area is 209 Å². The lowest BCUT2D eigenvalue weighted by Gasteiger charge is -2.47. The zero-order valence-corrected chi connectivity index (χ0v) is 21.0. The van der Waals surface area contributed by atoms with Crippen molar-refractivity contribution in [2.75, 3.05) is 57.8 Å². The van der Waals surface area contributed by atoms with Crippen LogP contribution in [0.25, 0.3) is 0 Å². The van der Waals surface area contributed by atoms with Gasteiger partial charge in [-0.15, -0.1) is 0 Å². The number of carbonyl (C=O) groups is 1. The fourth-order valence-electron chi connectivity index (χ4n) is 5.74. The van der Waals surface area contributed by atoms with E-state index in [1.807, 2.05) is 12.1 Å². The van der Waals surface area contributed by atoms with Gasteiger partial charge in [0.05, 0.1) is 0 Å². The van der Waals surface area contributed by atoms with E-state index in [-0.39, 0.29) is 12.3 Å². The highest BCUT2D eigenvalue weighted by atomic mass is 16.6. The largest absolute Gasteiger partial charge is 0.412 e. The minimum absolute atomic E-state index is 0.263. The maximum Gasteiger partial charge on any atom is 0.412 e. The van der Waals surface area contributed by atoms with Crippen molar-refractivity contribution in [3.63, 3.8) is 0 Å². The molecule has 1 unspecified atom stereocenters. The molecule has 3 heterocycles. The number of nitrogens with zero attached hydrogens (tertiary/aromatic N) is 3. The van der Waals surface area contributed by atoms with Crippen LogP contribution in [0.2, 0.25) is 0 Å². The Bertz CT molecular complexity index is 1010. The topological polar surface area (TPSA) is 60.1 Å². The molecule has 0 aliphatic carbocycles. The van der Waals surface area contributed by atoms with Crippen LogP contribution in [0, 0.1) is 0 Å². The molecule has 2 N–H and O–H groups in total. The van der Waals surface area contributed by atoms with Crippen LogP contribution in [0.5, 0.6) is 5.75 Å². The fourth-order valence-corrected chi connectivity index (χ4v) is 5.74. The zero-order valence-electron chi connectivity index (χ0n) is 21.0. The summed E-state index contributed by atoms with van der Waals surface area (Å²) in [4.78, 5) is 19.7. The van der Waals surface area contributed by atoms with Crippen molar-refractivity contribution < 1.29 is 9.53 Å². The van der Waals surface area contributed by atoms with Crippen molar-refractivity contribution in [2.45, 2.75) is 44.8 Å². The number of carbonyl (C=O) groups excluding carboxylic acids is 1. The molecule has 188 valence electrons. The van der Waals surface area contributed by atoms with Gasteiger partial charge in [-0.05, 0) is 60.7 Å². The third-order valence-corrected chi connectivity index (χ3v) is 7.61. The van der Waals surface area contributed by atoms with Gasteiger partial charge >= 0.3 is 6.09 Å². The van der Waals surface area contributed by atoms with Crippen LogP contribution in [-0.2, 0) is 13.0 Å². The van der Waals surface area contributed by atoms with Crippen molar-refractivity contribution in [1.29, 1.82) is 0 Å². The number of unbranched alkanes of at least 4 members (excludes halogenated alkanes) is 3. The van der Waals surface area contributed by atoms with Crippen molar-refractivity contribution in [1.82, 2.24) is 20.4 Å². The third kappa shape index (κ3) is 5.80. The highest BCUT2D eigenvalue weighted by Crippen LogP contribution is 2.42. The molecule has 0 aromatic heterocycles. The number of nitrogens with one attached hydrogen (secondary N) is 2. The SMILES string of the molecule is CN1c2ccc(OC(=O)NCCCCCCN3CCNCC3)cc2CN2CCc3ccccc3C21. The minimum atomic E-state index is -0.361. The summed E-state index contributed by atoms with van der Waals surface area (Å²) in [5.41, 5.74) is 5.25. The molecule has 1 saturated heterocycles. The number of hydrogen-bond acceptors (Lipinski definition) is 6. The van der Waals surface area contributed by atoms with E-state index in [4.69, 9.17) is 4.74 Å². The Morgan fingerprint density at radius 2 is 1.86 bits per heavy atom. The van der Waals surface area contributed by atoms with Gasteiger partial charge in [-0.2, -0.15) is 0 Å². The summed E-state index contributed by atoms with van der Waals surface area (Å²) < 4.78 is 5.62. The number of rotatable bonds is 8. The Morgan fingerprint density at radius 3 is 2.74 bits per heavy atom. The van der Waals surface area contributed by atoms with Crippen LogP contribution >= 0.6 is 0 Å². The molecule has 1 amide bonds. The highest BCUT2D eigenvalue weighted by molar-refractivity contribution is 5.71. The van der Waals surface area contributed by atoms with Crippen molar-refractivity contribution >= 4 is 11.8 Å². The van der Waals surface area contributed by atoms with Gasteiger partial charge in [-0.1, -0.05) is 37.1 Å². The molecular formula is C28H39N5O2. The first-order valence-electron chi connectivity index (χ1n) is 13.3. The average Bonchev–Trinajstić information content (AvgIpc) is 2.88. The van der Waals surface area contributed by atoms with Crippen molar-refractivity contribution in [3.05, 3.63) is 59.2 Å². The highest BCUT2D eigenvalue weighted by Gasteiger charge is 2.35. The first kappa shape index (κ1) is 24.1. The van der Waals surface area contributed by atoms with Gasteiger partial charge in [-0.25, -0.2) is 4.79 Å². The lowest BCUT2D eigenvalue weighted by molar-refractivity contribution is 0.163. The van der Waals surface area contributed by atoms with E-state index >= 15 is 0 Å². The molecule has 3 aliphatic heterocycles. The van der Waals surface area contributed by atoms with E-state index in [0.29, 0.717) is 12.3 Å². The quantitative estimate of drug-likeness (QED) is 0.565. The second-order valence-electron chi connectivity index (χ2n) is 10.0. The van der Waals surface area contributed by atoms with Crippen LogP contribution in [0.3, 0.4) is 0 Å². The van der Waals surface area contributed by atoms with E-state index in [9.17, 15) is 4.79 Å². The van der Waals surface area contributed by atoms with Crippen LogP contribution in [0.1, 0.15) is 48.5 Å². The van der Waals surface area contributed by atoms with Gasteiger partial charge in [0, 0.05) is 58.5 Å². The maximum absolute atomic E-state index is 12.3. The first-order chi connectivity index (χ1) is 17.2. The molecule has 0 spiro atoms. The van der Waals surface area contributed by atoms with E-state index in [0.717, 1.165) is 45.4 Å². The average molecular weight is 478 g/mol. The second-order valence-corrected chi connectivity index (χ2v) is 10.0. The maximum atomic E-state index is 12.3. The predicted octanol–water partition coefficient (Wildman–Crippen LogP) is 3.75. The van der Waals surface area contributed by atoms with E-state index in [1.165, 1.54) is 54.9 Å². The van der Waals surface area contributed by atoms with E-state index in [2.05, 4.69) is 62.7 Å². The molecule has 0 radical (unpaired) electrons. The first-order valence-corrected chi connectivity index (χ1v) is 13.3. The molecule has 0 bridgehead atoms. The number of piperazine rings is 1. The summed E-state index contributed by atoms with van der Waals surface area (Å²) in [7, 11) is 2.16. The molecule has 1 atom stereocenters. The lowest BCUT2D eigenvalue weighted by atomic mass is 9.93. The number of ether oxygens (including phenoxy) is 1. The predicted molar refractivity (Wildman–Crippen MR) is 140 cm³/mol. The Morgan fingerprint density at radius 1 is 1.03 bits per heavy atom. The minimum Gasteiger partial charge on any atom is -0.410 e. The number of hydrogen-bond donors (Lipinski definition) is 2. The summed E-state index contributed by atoms with van der Waals surface area (Å²) in [5.74, 6) is 0.613. The molecule has 35 heavy (non-hydrogen) atoms. The summed E-state index contributed by atoms with van der Waals surface area (Å²) in [5, 5.41) is 6.31. The molecule has 1 fully saturated rings. The molecule has 7 nitrogen and oxygen atoms in total. The van der Waals surface area contributed by atoms with Gasteiger partial charge in [0.25, 0.3) is 0 Å². The molecule has 7 heteroatoms. The normalized spacial score (nSPS) is 20.0. The number of benzene rings is 2. The second kappa shape index (κ2) is 11.4. The molecule has 3 aliphatic rings. The van der Waals surface area contributed by atoms with Crippen molar-refractivity contribution in [3.8, 4) is 5.75 Å². The van der Waals surface area contributed by atoms with Gasteiger partial charge in [0.15, 0.2) is 0 Å². The van der Waals surface area contributed by atoms with Crippen LogP contribution in [0.4, 0.5) is 10.5 Å². The van der Waals surface area contributed by atoms with Crippen LogP contribution < -0.4 is 20.3 Å². The fraction of sp³-hybridized carbons (Fsp3) is 0.536. The monoisotopic (exact) mass is 477 g/mol. The van der Waals surface area contributed by atoms with Gasteiger partial charge < -0.3 is 25.2 Å². The summed E-state index contributed by atoms with van der Waals surface area (Å²) in [6.07, 6.45) is 5.54. The van der Waals surface area contributed by atoms with Gasteiger partial charge in [0.2, 0.25) is 0 Å². The number of amides is 1. The summed E-state index contributed by atoms with van der Waals surface area (Å²) >= 11 is 0. The van der Waals surface area contributed by atoms with E-state index in [1.54, 1.807) is 0 Å². The zero-order chi connectivity index (χ0) is 24.0. The molecule has 2 aromatic rings. The Hall–Kier alpha value is -2.61. The smallest absolute Gasteiger partial charge is 0.410 e. The van der Waals surface area contributed by atoms with Crippen LogP contribution in [-0.4, -0.2) is 68.8 Å². The van der Waals surface area contributed by atoms with Gasteiger partial charge in [0.1, 0.15) is 11.9 Å². The summed E-state index contributed by atoms with van der Waals surface area (Å²) in [6, 6.07) is 14.8. The lowest BCUT2D eigenvalue weighted by Crippen LogP contribution is -2.47. The Balaban J connectivity index is 1.07. The molecule has 5 rings (SSSR count). The number of fused-ring (bicyclic) bond motifs is 4. The number of anilines is 1. The van der Waals surface area contributed by atoms with E-state index < -0.39 is 0 Å². The third-order valence-electron chi connectivity index (χ3n) is 7.61. The molecule has 2 aromatic carbocycles.